The Hall–Kier alpha value is -2.43. The molecule has 0 radical (unpaired) electrons. The molecule has 0 bridgehead atoms. The van der Waals surface area contributed by atoms with Crippen LogP contribution in [0.3, 0.4) is 0 Å². The zero-order valence-corrected chi connectivity index (χ0v) is 11.8. The van der Waals surface area contributed by atoms with Gasteiger partial charge in [-0.2, -0.15) is 5.26 Å². The van der Waals surface area contributed by atoms with Gasteiger partial charge in [-0.1, -0.05) is 17.7 Å². The van der Waals surface area contributed by atoms with E-state index < -0.39 is 10.9 Å². The number of carbonyl (C=O) groups excluding carboxylic acids is 1. The minimum absolute atomic E-state index is 0.00905. The number of ether oxygens (including phenoxy) is 2. The van der Waals surface area contributed by atoms with Gasteiger partial charge in [-0.25, -0.2) is 4.79 Å². The highest BCUT2D eigenvalue weighted by atomic mass is 35.5. The first-order chi connectivity index (χ1) is 9.99. The predicted molar refractivity (Wildman–Crippen MR) is 74.5 cm³/mol. The van der Waals surface area contributed by atoms with E-state index in [9.17, 15) is 14.9 Å². The molecule has 1 aromatic carbocycles. The van der Waals surface area contributed by atoms with Crippen molar-refractivity contribution in [2.75, 3.05) is 20.3 Å². The number of methoxy groups -OCH3 is 1. The average Bonchev–Trinajstić information content (AvgIpc) is 2.46. The van der Waals surface area contributed by atoms with Crippen molar-refractivity contribution in [2.24, 2.45) is 0 Å². The number of nitro groups is 1. The molecule has 0 heterocycles. The normalized spacial score (nSPS) is 10.8. The van der Waals surface area contributed by atoms with E-state index in [1.54, 1.807) is 6.07 Å². The van der Waals surface area contributed by atoms with Gasteiger partial charge in [-0.15, -0.1) is 0 Å². The summed E-state index contributed by atoms with van der Waals surface area (Å²) in [4.78, 5) is 21.7. The summed E-state index contributed by atoms with van der Waals surface area (Å²) in [6.07, 6.45) is 1.19. The van der Waals surface area contributed by atoms with E-state index in [1.165, 1.54) is 31.4 Å². The molecule has 21 heavy (non-hydrogen) atoms. The van der Waals surface area contributed by atoms with E-state index in [-0.39, 0.29) is 29.5 Å². The maximum atomic E-state index is 11.6. The Morgan fingerprint density at radius 1 is 1.52 bits per heavy atom. The van der Waals surface area contributed by atoms with Crippen molar-refractivity contribution in [1.29, 1.82) is 5.26 Å². The molecule has 0 aliphatic carbocycles. The number of hydrogen-bond acceptors (Lipinski definition) is 6. The highest BCUT2D eigenvalue weighted by Gasteiger charge is 2.14. The average molecular weight is 311 g/mol. The van der Waals surface area contributed by atoms with Crippen LogP contribution in [0.5, 0.6) is 0 Å². The predicted octanol–water partition coefficient (Wildman–Crippen LogP) is 2.34. The monoisotopic (exact) mass is 310 g/mol. The summed E-state index contributed by atoms with van der Waals surface area (Å²) in [5, 5.41) is 19.7. The highest BCUT2D eigenvalue weighted by Crippen LogP contribution is 2.26. The Kier molecular flexibility index (Phi) is 6.33. The number of benzene rings is 1. The van der Waals surface area contributed by atoms with Gasteiger partial charge < -0.3 is 9.47 Å². The van der Waals surface area contributed by atoms with Gasteiger partial charge in [-0.05, 0) is 17.7 Å². The fourth-order valence-electron chi connectivity index (χ4n) is 1.36. The van der Waals surface area contributed by atoms with Gasteiger partial charge in [0.2, 0.25) is 0 Å². The van der Waals surface area contributed by atoms with Crippen LogP contribution in [0.2, 0.25) is 5.02 Å². The van der Waals surface area contributed by atoms with Crippen LogP contribution >= 0.6 is 11.6 Å². The molecule has 7 nitrogen and oxygen atoms in total. The van der Waals surface area contributed by atoms with Crippen LogP contribution in [0, 0.1) is 21.4 Å². The molecule has 8 heteroatoms. The Morgan fingerprint density at radius 3 is 2.81 bits per heavy atom. The molecular formula is C13H11ClN2O5. The number of rotatable bonds is 6. The summed E-state index contributed by atoms with van der Waals surface area (Å²) < 4.78 is 9.50. The first-order valence-electron chi connectivity index (χ1n) is 5.71. The van der Waals surface area contributed by atoms with Crippen molar-refractivity contribution in [3.63, 3.8) is 0 Å². The fraction of sp³-hybridized carbons (Fsp3) is 0.231. The molecule has 0 fully saturated rings. The van der Waals surface area contributed by atoms with E-state index in [0.29, 0.717) is 5.56 Å². The summed E-state index contributed by atoms with van der Waals surface area (Å²) in [5.74, 6) is -0.827. The molecule has 1 aromatic rings. The van der Waals surface area contributed by atoms with Gasteiger partial charge in [0.15, 0.2) is 0 Å². The Morgan fingerprint density at radius 2 is 2.24 bits per heavy atom. The lowest BCUT2D eigenvalue weighted by Crippen LogP contribution is -2.11. The van der Waals surface area contributed by atoms with Crippen LogP contribution in [0.4, 0.5) is 5.69 Å². The molecule has 0 amide bonds. The summed E-state index contributed by atoms with van der Waals surface area (Å²) in [5.41, 5.74) is -0.287. The Bertz CT molecular complexity index is 621. The lowest BCUT2D eigenvalue weighted by molar-refractivity contribution is -0.384. The van der Waals surface area contributed by atoms with E-state index in [0.717, 1.165) is 0 Å². The number of nitriles is 1. The summed E-state index contributed by atoms with van der Waals surface area (Å²) in [6.45, 7) is 0.214. The van der Waals surface area contributed by atoms with Gasteiger partial charge in [0, 0.05) is 13.2 Å². The van der Waals surface area contributed by atoms with Crippen LogP contribution in [-0.2, 0) is 14.3 Å². The third kappa shape index (κ3) is 4.87. The second kappa shape index (κ2) is 7.99. The molecule has 1 rings (SSSR count). The maximum absolute atomic E-state index is 11.6. The molecule has 0 N–H and O–H groups in total. The van der Waals surface area contributed by atoms with Crippen molar-refractivity contribution in [3.8, 4) is 6.07 Å². The van der Waals surface area contributed by atoms with Crippen LogP contribution < -0.4 is 0 Å². The second-order valence-electron chi connectivity index (χ2n) is 3.77. The van der Waals surface area contributed by atoms with Crippen LogP contribution in [0.1, 0.15) is 5.56 Å². The third-order valence-electron chi connectivity index (χ3n) is 2.34. The largest absolute Gasteiger partial charge is 0.459 e. The maximum Gasteiger partial charge on any atom is 0.348 e. The summed E-state index contributed by atoms with van der Waals surface area (Å²) in [7, 11) is 1.45. The Labute approximate surface area is 125 Å². The molecular weight excluding hydrogens is 300 g/mol. The lowest BCUT2D eigenvalue weighted by Gasteiger charge is -2.03. The first kappa shape index (κ1) is 16.6. The first-order valence-corrected chi connectivity index (χ1v) is 6.09. The standard InChI is InChI=1S/C13H11ClN2O5/c1-20-4-5-21-13(17)10(8-15)6-9-2-3-11(14)12(7-9)16(18)19/h2-3,6-7H,4-5H2,1H3/b10-6-. The number of halogens is 1. The van der Waals surface area contributed by atoms with Crippen molar-refractivity contribution in [1.82, 2.24) is 0 Å². The topological polar surface area (TPSA) is 102 Å². The van der Waals surface area contributed by atoms with E-state index >= 15 is 0 Å². The van der Waals surface area contributed by atoms with Gasteiger partial charge in [0.05, 0.1) is 11.5 Å². The molecule has 0 aliphatic rings. The smallest absolute Gasteiger partial charge is 0.348 e. The SMILES string of the molecule is COCCOC(=O)/C(C#N)=C\c1ccc(Cl)c([N+](=O)[O-])c1. The minimum atomic E-state index is -0.827. The summed E-state index contributed by atoms with van der Waals surface area (Å²) >= 11 is 5.68. The molecule has 0 aromatic heterocycles. The number of nitro benzene ring substituents is 1. The van der Waals surface area contributed by atoms with Crippen molar-refractivity contribution in [2.45, 2.75) is 0 Å². The zero-order chi connectivity index (χ0) is 15.8. The van der Waals surface area contributed by atoms with E-state index in [1.807, 2.05) is 0 Å². The third-order valence-corrected chi connectivity index (χ3v) is 2.66. The number of esters is 1. The van der Waals surface area contributed by atoms with Crippen LogP contribution in [0.25, 0.3) is 6.08 Å². The van der Waals surface area contributed by atoms with E-state index in [2.05, 4.69) is 0 Å². The van der Waals surface area contributed by atoms with Crippen molar-refractivity contribution >= 4 is 29.3 Å². The summed E-state index contributed by atoms with van der Waals surface area (Å²) in [6, 6.07) is 5.62. The Balaban J connectivity index is 2.98. The number of hydrogen-bond donors (Lipinski definition) is 0. The molecule has 0 atom stereocenters. The van der Waals surface area contributed by atoms with Crippen LogP contribution in [0.15, 0.2) is 23.8 Å². The minimum Gasteiger partial charge on any atom is -0.459 e. The van der Waals surface area contributed by atoms with E-state index in [4.69, 9.17) is 26.3 Å². The quantitative estimate of drug-likeness (QED) is 0.199. The molecule has 110 valence electrons. The van der Waals surface area contributed by atoms with Gasteiger partial charge in [0.25, 0.3) is 5.69 Å². The molecule has 0 spiro atoms. The zero-order valence-electron chi connectivity index (χ0n) is 11.0. The van der Waals surface area contributed by atoms with Gasteiger partial charge in [0.1, 0.15) is 23.3 Å². The molecule has 0 aliphatic heterocycles. The molecule has 0 unspecified atom stereocenters. The van der Waals surface area contributed by atoms with Gasteiger partial charge in [-0.3, -0.25) is 10.1 Å². The van der Waals surface area contributed by atoms with Crippen LogP contribution in [-0.4, -0.2) is 31.2 Å². The fourth-order valence-corrected chi connectivity index (χ4v) is 1.54. The lowest BCUT2D eigenvalue weighted by atomic mass is 10.1. The second-order valence-corrected chi connectivity index (χ2v) is 4.17. The van der Waals surface area contributed by atoms with Gasteiger partial charge >= 0.3 is 5.97 Å². The highest BCUT2D eigenvalue weighted by molar-refractivity contribution is 6.32. The molecule has 0 saturated heterocycles. The number of carbonyl (C=O) groups is 1. The van der Waals surface area contributed by atoms with Crippen molar-refractivity contribution < 1.29 is 19.2 Å². The number of nitrogens with zero attached hydrogens (tertiary/aromatic N) is 2. The van der Waals surface area contributed by atoms with Crippen molar-refractivity contribution in [3.05, 3.63) is 44.5 Å². The molecule has 0 saturated carbocycles.